The Morgan fingerprint density at radius 2 is 2.10 bits per heavy atom. The number of carboxylic acids is 1. The fraction of sp³-hybridized carbons (Fsp3) is 0.333. The topological polar surface area (TPSA) is 99.6 Å². The molecule has 20 heavy (non-hydrogen) atoms. The summed E-state index contributed by atoms with van der Waals surface area (Å²) in [5.41, 5.74) is -1.34. The van der Waals surface area contributed by atoms with Crippen molar-refractivity contribution in [3.63, 3.8) is 0 Å². The summed E-state index contributed by atoms with van der Waals surface area (Å²) < 4.78 is 0. The first-order chi connectivity index (χ1) is 9.23. The third-order valence-corrected chi connectivity index (χ3v) is 3.40. The van der Waals surface area contributed by atoms with Crippen LogP contribution < -0.4 is 10.2 Å². The average molecular weight is 298 g/mol. The van der Waals surface area contributed by atoms with E-state index in [1.165, 1.54) is 17.0 Å². The number of carboxylic acid groups (broad SMARTS) is 1. The molecule has 106 valence electrons. The molecule has 0 saturated carbocycles. The van der Waals surface area contributed by atoms with Crippen molar-refractivity contribution in [2.75, 3.05) is 11.4 Å². The number of carbonyl (C=O) groups is 3. The summed E-state index contributed by atoms with van der Waals surface area (Å²) in [6.45, 7) is 3.14. The summed E-state index contributed by atoms with van der Waals surface area (Å²) in [4.78, 5) is 39.7. The second kappa shape index (κ2) is 4.75. The van der Waals surface area contributed by atoms with Gasteiger partial charge in [-0.25, -0.2) is 9.78 Å². The highest BCUT2D eigenvalue weighted by atomic mass is 35.5. The van der Waals surface area contributed by atoms with E-state index in [9.17, 15) is 14.4 Å². The molecule has 0 bridgehead atoms. The zero-order valence-electron chi connectivity index (χ0n) is 10.8. The van der Waals surface area contributed by atoms with Gasteiger partial charge in [0.05, 0.1) is 11.6 Å². The van der Waals surface area contributed by atoms with Gasteiger partial charge in [0.25, 0.3) is 5.91 Å². The first kappa shape index (κ1) is 14.3. The van der Waals surface area contributed by atoms with Gasteiger partial charge in [-0.2, -0.15) is 0 Å². The van der Waals surface area contributed by atoms with E-state index >= 15 is 0 Å². The molecule has 0 unspecified atom stereocenters. The number of piperazine rings is 1. The SMILES string of the molecule is CC1(C)C(=O)NC(=O)CN1c1ccc(Cl)c(C(=O)O)n1. The van der Waals surface area contributed by atoms with Gasteiger partial charge in [0, 0.05) is 0 Å². The van der Waals surface area contributed by atoms with E-state index in [0.29, 0.717) is 0 Å². The number of hydrogen-bond donors (Lipinski definition) is 2. The molecule has 0 aliphatic carbocycles. The fourth-order valence-electron chi connectivity index (χ4n) is 1.88. The normalized spacial score (nSPS) is 17.9. The van der Waals surface area contributed by atoms with Crippen LogP contribution >= 0.6 is 11.6 Å². The lowest BCUT2D eigenvalue weighted by molar-refractivity contribution is -0.135. The molecule has 1 fully saturated rings. The van der Waals surface area contributed by atoms with Crippen LogP contribution in [-0.4, -0.2) is 40.0 Å². The van der Waals surface area contributed by atoms with Crippen molar-refractivity contribution in [2.45, 2.75) is 19.4 Å². The number of amides is 2. The van der Waals surface area contributed by atoms with E-state index in [2.05, 4.69) is 10.3 Å². The summed E-state index contributed by atoms with van der Waals surface area (Å²) in [6, 6.07) is 2.85. The minimum absolute atomic E-state index is 0.00755. The Bertz CT molecular complexity index is 615. The quantitative estimate of drug-likeness (QED) is 0.779. The van der Waals surface area contributed by atoms with Gasteiger partial charge in [-0.1, -0.05) is 11.6 Å². The maximum atomic E-state index is 11.9. The Hall–Kier alpha value is -2.15. The molecule has 2 heterocycles. The summed E-state index contributed by atoms with van der Waals surface area (Å²) in [5, 5.41) is 11.2. The predicted octanol–water partition coefficient (Wildman–Crippen LogP) is 0.675. The molecule has 2 rings (SSSR count). The molecule has 2 amide bonds. The van der Waals surface area contributed by atoms with E-state index in [1.54, 1.807) is 13.8 Å². The van der Waals surface area contributed by atoms with Gasteiger partial charge in [0.15, 0.2) is 5.69 Å². The number of halogens is 1. The van der Waals surface area contributed by atoms with Crippen molar-refractivity contribution >= 4 is 35.2 Å². The lowest BCUT2D eigenvalue weighted by atomic mass is 9.98. The summed E-state index contributed by atoms with van der Waals surface area (Å²) >= 11 is 5.75. The van der Waals surface area contributed by atoms with Crippen LogP contribution in [0.4, 0.5) is 5.82 Å². The van der Waals surface area contributed by atoms with Gasteiger partial charge in [-0.05, 0) is 26.0 Å². The summed E-state index contributed by atoms with van der Waals surface area (Å²) in [5.74, 6) is -2.01. The van der Waals surface area contributed by atoms with E-state index < -0.39 is 23.3 Å². The lowest BCUT2D eigenvalue weighted by Gasteiger charge is -2.40. The van der Waals surface area contributed by atoms with E-state index in [-0.39, 0.29) is 23.1 Å². The lowest BCUT2D eigenvalue weighted by Crippen LogP contribution is -2.64. The molecule has 0 atom stereocenters. The largest absolute Gasteiger partial charge is 0.476 e. The van der Waals surface area contributed by atoms with Crippen LogP contribution in [0.1, 0.15) is 24.3 Å². The van der Waals surface area contributed by atoms with Gasteiger partial charge in [-0.3, -0.25) is 14.9 Å². The first-order valence-corrected chi connectivity index (χ1v) is 6.13. The number of hydrogen-bond acceptors (Lipinski definition) is 5. The highest BCUT2D eigenvalue weighted by Crippen LogP contribution is 2.27. The minimum Gasteiger partial charge on any atom is -0.476 e. The van der Waals surface area contributed by atoms with Gasteiger partial charge in [0.1, 0.15) is 11.4 Å². The highest BCUT2D eigenvalue weighted by Gasteiger charge is 2.41. The summed E-state index contributed by atoms with van der Waals surface area (Å²) in [6.07, 6.45) is 0. The van der Waals surface area contributed by atoms with Crippen LogP contribution in [0.25, 0.3) is 0 Å². The Labute approximate surface area is 119 Å². The van der Waals surface area contributed by atoms with Crippen molar-refractivity contribution < 1.29 is 19.5 Å². The molecule has 1 saturated heterocycles. The maximum Gasteiger partial charge on any atom is 0.356 e. The smallest absolute Gasteiger partial charge is 0.356 e. The molecule has 0 aromatic carbocycles. The number of anilines is 1. The monoisotopic (exact) mass is 297 g/mol. The molecular weight excluding hydrogens is 286 g/mol. The van der Waals surface area contributed by atoms with Crippen molar-refractivity contribution in [2.24, 2.45) is 0 Å². The Morgan fingerprint density at radius 3 is 2.70 bits per heavy atom. The Balaban J connectivity index is 2.49. The molecule has 8 heteroatoms. The van der Waals surface area contributed by atoms with Gasteiger partial charge in [0.2, 0.25) is 5.91 Å². The van der Waals surface area contributed by atoms with Crippen molar-refractivity contribution in [3.8, 4) is 0 Å². The average Bonchev–Trinajstić information content (AvgIpc) is 2.34. The molecule has 2 N–H and O–H groups in total. The number of pyridine rings is 1. The van der Waals surface area contributed by atoms with E-state index in [0.717, 1.165) is 0 Å². The van der Waals surface area contributed by atoms with E-state index in [4.69, 9.17) is 16.7 Å². The van der Waals surface area contributed by atoms with Crippen molar-refractivity contribution in [3.05, 3.63) is 22.8 Å². The third-order valence-electron chi connectivity index (χ3n) is 3.10. The Morgan fingerprint density at radius 1 is 1.45 bits per heavy atom. The molecule has 0 spiro atoms. The van der Waals surface area contributed by atoms with Crippen molar-refractivity contribution in [1.82, 2.24) is 10.3 Å². The zero-order chi connectivity index (χ0) is 15.1. The maximum absolute atomic E-state index is 11.9. The molecule has 7 nitrogen and oxygen atoms in total. The second-order valence-corrected chi connectivity index (χ2v) is 5.23. The van der Waals surface area contributed by atoms with Gasteiger partial charge in [-0.15, -0.1) is 0 Å². The molecule has 1 aromatic rings. The number of aromatic carboxylic acids is 1. The van der Waals surface area contributed by atoms with Crippen LogP contribution in [0.5, 0.6) is 0 Å². The fourth-order valence-corrected chi connectivity index (χ4v) is 2.07. The number of rotatable bonds is 2. The second-order valence-electron chi connectivity index (χ2n) is 4.83. The molecule has 1 aliphatic heterocycles. The van der Waals surface area contributed by atoms with Crippen LogP contribution in [0.2, 0.25) is 5.02 Å². The van der Waals surface area contributed by atoms with Crippen molar-refractivity contribution in [1.29, 1.82) is 0 Å². The first-order valence-electron chi connectivity index (χ1n) is 5.75. The van der Waals surface area contributed by atoms with Crippen LogP contribution in [0, 0.1) is 0 Å². The van der Waals surface area contributed by atoms with Crippen LogP contribution in [0.15, 0.2) is 12.1 Å². The van der Waals surface area contributed by atoms with Gasteiger partial charge >= 0.3 is 5.97 Å². The Kier molecular flexibility index (Phi) is 3.39. The highest BCUT2D eigenvalue weighted by molar-refractivity contribution is 6.33. The minimum atomic E-state index is -1.28. The van der Waals surface area contributed by atoms with E-state index in [1.807, 2.05) is 0 Å². The number of carbonyl (C=O) groups excluding carboxylic acids is 2. The molecule has 0 radical (unpaired) electrons. The summed E-state index contributed by atoms with van der Waals surface area (Å²) in [7, 11) is 0. The third kappa shape index (κ3) is 2.32. The molecule has 1 aliphatic rings. The molecular formula is C12H12ClN3O4. The molecule has 1 aromatic heterocycles. The standard InChI is InChI=1S/C12H12ClN3O4/c1-12(2)11(20)15-8(17)5-16(12)7-4-3-6(13)9(14-7)10(18)19/h3-4H,5H2,1-2H3,(H,18,19)(H,15,17,20). The number of aromatic nitrogens is 1. The number of nitrogens with zero attached hydrogens (tertiary/aromatic N) is 2. The number of nitrogens with one attached hydrogen (secondary N) is 1. The van der Waals surface area contributed by atoms with Crippen LogP contribution in [0.3, 0.4) is 0 Å². The number of imide groups is 1. The van der Waals surface area contributed by atoms with Gasteiger partial charge < -0.3 is 10.0 Å². The van der Waals surface area contributed by atoms with Crippen LogP contribution in [-0.2, 0) is 9.59 Å². The zero-order valence-corrected chi connectivity index (χ0v) is 11.6. The predicted molar refractivity (Wildman–Crippen MR) is 70.8 cm³/mol.